The van der Waals surface area contributed by atoms with Crippen molar-refractivity contribution in [3.63, 3.8) is 0 Å². The molecular formula is C14H16N2O2. The fraction of sp³-hybridized carbons (Fsp3) is 0.286. The van der Waals surface area contributed by atoms with Gasteiger partial charge in [-0.25, -0.2) is 4.68 Å². The molecule has 1 aromatic carbocycles. The molecule has 0 saturated carbocycles. The number of aliphatic hydroxyl groups excluding tert-OH is 1. The lowest BCUT2D eigenvalue weighted by Gasteiger charge is -2.10. The van der Waals surface area contributed by atoms with E-state index in [1.54, 1.807) is 4.68 Å². The van der Waals surface area contributed by atoms with Crippen LogP contribution in [0.3, 0.4) is 0 Å². The molecule has 1 aromatic heterocycles. The van der Waals surface area contributed by atoms with Crippen LogP contribution in [0, 0.1) is 6.92 Å². The first-order valence-corrected chi connectivity index (χ1v) is 5.95. The van der Waals surface area contributed by atoms with Crippen LogP contribution < -0.4 is 5.43 Å². The summed E-state index contributed by atoms with van der Waals surface area (Å²) < 4.78 is 1.67. The van der Waals surface area contributed by atoms with Crippen molar-refractivity contribution in [2.45, 2.75) is 26.9 Å². The zero-order valence-corrected chi connectivity index (χ0v) is 10.6. The molecule has 0 aliphatic rings. The zero-order valence-electron chi connectivity index (χ0n) is 10.6. The highest BCUT2D eigenvalue weighted by molar-refractivity contribution is 5.35. The first-order valence-electron chi connectivity index (χ1n) is 5.95. The van der Waals surface area contributed by atoms with Crippen LogP contribution in [-0.4, -0.2) is 14.9 Å². The molecular weight excluding hydrogens is 228 g/mol. The fourth-order valence-corrected chi connectivity index (χ4v) is 1.83. The average Bonchev–Trinajstić information content (AvgIpc) is 2.39. The smallest absolute Gasteiger partial charge is 0.206 e. The molecule has 0 unspecified atom stereocenters. The van der Waals surface area contributed by atoms with E-state index in [1.165, 1.54) is 11.6 Å². The van der Waals surface area contributed by atoms with Crippen LogP contribution in [0.5, 0.6) is 0 Å². The third kappa shape index (κ3) is 2.33. The Morgan fingerprint density at radius 2 is 1.94 bits per heavy atom. The number of benzene rings is 1. The Morgan fingerprint density at radius 1 is 1.28 bits per heavy atom. The second kappa shape index (κ2) is 5.14. The number of rotatable bonds is 3. The van der Waals surface area contributed by atoms with Gasteiger partial charge in [0.05, 0.1) is 12.3 Å². The van der Waals surface area contributed by atoms with E-state index < -0.39 is 0 Å². The van der Waals surface area contributed by atoms with Crippen LogP contribution in [-0.2, 0) is 13.0 Å². The van der Waals surface area contributed by atoms with Crippen molar-refractivity contribution in [3.05, 3.63) is 57.5 Å². The van der Waals surface area contributed by atoms with E-state index in [4.69, 9.17) is 5.11 Å². The lowest BCUT2D eigenvalue weighted by atomic mass is 10.1. The molecule has 1 heterocycles. The molecule has 0 atom stereocenters. The van der Waals surface area contributed by atoms with Crippen molar-refractivity contribution in [3.8, 4) is 5.69 Å². The van der Waals surface area contributed by atoms with Gasteiger partial charge in [0.1, 0.15) is 5.69 Å². The highest BCUT2D eigenvalue weighted by Gasteiger charge is 2.06. The van der Waals surface area contributed by atoms with Crippen LogP contribution >= 0.6 is 0 Å². The molecule has 0 aliphatic carbocycles. The second-order valence-corrected chi connectivity index (χ2v) is 4.19. The van der Waals surface area contributed by atoms with Crippen LogP contribution in [0.4, 0.5) is 0 Å². The highest BCUT2D eigenvalue weighted by Crippen LogP contribution is 2.11. The number of hydrogen-bond donors (Lipinski definition) is 1. The van der Waals surface area contributed by atoms with E-state index in [-0.39, 0.29) is 17.7 Å². The third-order valence-corrected chi connectivity index (χ3v) is 2.92. The minimum atomic E-state index is -0.341. The summed E-state index contributed by atoms with van der Waals surface area (Å²) >= 11 is 0. The van der Waals surface area contributed by atoms with Crippen molar-refractivity contribution >= 4 is 0 Å². The second-order valence-electron chi connectivity index (χ2n) is 4.19. The zero-order chi connectivity index (χ0) is 13.1. The van der Waals surface area contributed by atoms with E-state index in [1.807, 2.05) is 31.2 Å². The molecule has 2 rings (SSSR count). The average molecular weight is 244 g/mol. The van der Waals surface area contributed by atoms with Crippen molar-refractivity contribution in [1.29, 1.82) is 0 Å². The minimum Gasteiger partial charge on any atom is -0.390 e. The Bertz CT molecular complexity index is 600. The van der Waals surface area contributed by atoms with E-state index in [9.17, 15) is 4.79 Å². The summed E-state index contributed by atoms with van der Waals surface area (Å²) in [4.78, 5) is 11.5. The predicted molar refractivity (Wildman–Crippen MR) is 69.9 cm³/mol. The summed E-state index contributed by atoms with van der Waals surface area (Å²) in [6.45, 7) is 3.58. The van der Waals surface area contributed by atoms with Gasteiger partial charge in [-0.2, -0.15) is 5.10 Å². The molecule has 18 heavy (non-hydrogen) atoms. The summed E-state index contributed by atoms with van der Waals surface area (Å²) in [7, 11) is 0. The predicted octanol–water partition coefficient (Wildman–Crippen LogP) is 1.60. The number of nitrogens with zero attached hydrogens (tertiary/aromatic N) is 2. The fourth-order valence-electron chi connectivity index (χ4n) is 1.83. The van der Waals surface area contributed by atoms with E-state index in [2.05, 4.69) is 12.0 Å². The van der Waals surface area contributed by atoms with Crippen molar-refractivity contribution < 1.29 is 5.11 Å². The summed E-state index contributed by atoms with van der Waals surface area (Å²) in [5.41, 5.74) is 2.83. The molecule has 0 radical (unpaired) electrons. The Morgan fingerprint density at radius 3 is 2.50 bits per heavy atom. The molecule has 0 aliphatic heterocycles. The SMILES string of the molecule is CCc1ccc(-n2nc(CO)c(=O)cc2C)cc1. The molecule has 0 bridgehead atoms. The van der Waals surface area contributed by atoms with Gasteiger partial charge in [-0.15, -0.1) is 0 Å². The van der Waals surface area contributed by atoms with E-state index in [0.29, 0.717) is 0 Å². The van der Waals surface area contributed by atoms with Crippen LogP contribution in [0.15, 0.2) is 35.1 Å². The van der Waals surface area contributed by atoms with Gasteiger partial charge < -0.3 is 5.11 Å². The molecule has 0 fully saturated rings. The largest absolute Gasteiger partial charge is 0.390 e. The molecule has 2 aromatic rings. The number of aromatic nitrogens is 2. The lowest BCUT2D eigenvalue weighted by molar-refractivity contribution is 0.273. The number of aliphatic hydroxyl groups is 1. The summed E-state index contributed by atoms with van der Waals surface area (Å²) in [6.07, 6.45) is 0.985. The van der Waals surface area contributed by atoms with Crippen LogP contribution in [0.2, 0.25) is 0 Å². The summed E-state index contributed by atoms with van der Waals surface area (Å²) in [5, 5.41) is 13.3. The number of aryl methyl sites for hydroxylation is 2. The van der Waals surface area contributed by atoms with Crippen LogP contribution in [0.1, 0.15) is 23.9 Å². The van der Waals surface area contributed by atoms with Gasteiger partial charge in [0.25, 0.3) is 0 Å². The van der Waals surface area contributed by atoms with Gasteiger partial charge >= 0.3 is 0 Å². The van der Waals surface area contributed by atoms with Crippen molar-refractivity contribution in [1.82, 2.24) is 9.78 Å². The minimum absolute atomic E-state index is 0.167. The third-order valence-electron chi connectivity index (χ3n) is 2.92. The molecule has 1 N–H and O–H groups in total. The Labute approximate surface area is 106 Å². The summed E-state index contributed by atoms with van der Waals surface area (Å²) in [5.74, 6) is 0. The molecule has 4 nitrogen and oxygen atoms in total. The topological polar surface area (TPSA) is 55.1 Å². The van der Waals surface area contributed by atoms with Gasteiger partial charge in [0.2, 0.25) is 5.43 Å². The van der Waals surface area contributed by atoms with Crippen molar-refractivity contribution in [2.24, 2.45) is 0 Å². The maximum absolute atomic E-state index is 11.5. The van der Waals surface area contributed by atoms with E-state index in [0.717, 1.165) is 17.8 Å². The van der Waals surface area contributed by atoms with E-state index >= 15 is 0 Å². The molecule has 94 valence electrons. The quantitative estimate of drug-likeness (QED) is 0.892. The Balaban J connectivity index is 2.52. The van der Waals surface area contributed by atoms with Gasteiger partial charge in [-0.1, -0.05) is 19.1 Å². The standard InChI is InChI=1S/C14H16N2O2/c1-3-11-4-6-12(7-5-11)16-10(2)8-14(18)13(9-17)15-16/h4-8,17H,3,9H2,1-2H3. The molecule has 0 spiro atoms. The van der Waals surface area contributed by atoms with Gasteiger partial charge in [0, 0.05) is 11.8 Å². The molecule has 0 saturated heterocycles. The van der Waals surface area contributed by atoms with Crippen molar-refractivity contribution in [2.75, 3.05) is 0 Å². The molecule has 4 heteroatoms. The maximum Gasteiger partial charge on any atom is 0.206 e. The monoisotopic (exact) mass is 244 g/mol. The van der Waals surface area contributed by atoms with Gasteiger partial charge in [-0.3, -0.25) is 4.79 Å². The normalized spacial score (nSPS) is 10.6. The maximum atomic E-state index is 11.5. The molecule has 0 amide bonds. The number of hydrogen-bond acceptors (Lipinski definition) is 3. The Hall–Kier alpha value is -1.94. The summed E-state index contributed by atoms with van der Waals surface area (Å²) in [6, 6.07) is 9.49. The lowest BCUT2D eigenvalue weighted by Crippen LogP contribution is -2.18. The first kappa shape index (κ1) is 12.5. The van der Waals surface area contributed by atoms with Crippen LogP contribution in [0.25, 0.3) is 5.69 Å². The first-order chi connectivity index (χ1) is 8.65. The van der Waals surface area contributed by atoms with Gasteiger partial charge in [-0.05, 0) is 31.0 Å². The van der Waals surface area contributed by atoms with Gasteiger partial charge in [0.15, 0.2) is 0 Å². The highest BCUT2D eigenvalue weighted by atomic mass is 16.3. The Kier molecular flexibility index (Phi) is 3.58.